The van der Waals surface area contributed by atoms with Crippen LogP contribution in [0.25, 0.3) is 0 Å². The van der Waals surface area contributed by atoms with Crippen molar-refractivity contribution in [3.63, 3.8) is 0 Å². The van der Waals surface area contributed by atoms with Crippen molar-refractivity contribution in [3.8, 4) is 0 Å². The van der Waals surface area contributed by atoms with Gasteiger partial charge in [-0.2, -0.15) is 0 Å². The van der Waals surface area contributed by atoms with E-state index in [0.717, 1.165) is 12.8 Å². The highest BCUT2D eigenvalue weighted by Crippen LogP contribution is 2.05. The first-order valence-corrected chi connectivity index (χ1v) is 5.38. The third-order valence-electron chi connectivity index (χ3n) is 1.97. The van der Waals surface area contributed by atoms with E-state index in [4.69, 9.17) is 4.84 Å². The van der Waals surface area contributed by atoms with Crippen LogP contribution in [0.3, 0.4) is 0 Å². The molecule has 0 heterocycles. The van der Waals surface area contributed by atoms with Gasteiger partial charge < -0.3 is 10.0 Å². The molecule has 0 N–H and O–H groups in total. The number of nitrogens with zero attached hydrogens (tertiary/aromatic N) is 1. The Balaban J connectivity index is 2.97. The fraction of sp³-hybridized carbons (Fsp3) is 1.00. The molecule has 0 saturated heterocycles. The van der Waals surface area contributed by atoms with Crippen LogP contribution in [0.15, 0.2) is 0 Å². The molecule has 0 unspecified atom stereocenters. The molecule has 80 valence electrons. The van der Waals surface area contributed by atoms with E-state index in [2.05, 4.69) is 6.92 Å². The summed E-state index contributed by atoms with van der Waals surface area (Å²) >= 11 is 0. The fourth-order valence-electron chi connectivity index (χ4n) is 1.23. The zero-order valence-electron chi connectivity index (χ0n) is 8.92. The third kappa shape index (κ3) is 9.80. The van der Waals surface area contributed by atoms with Crippen LogP contribution in [0.1, 0.15) is 52.4 Å². The molecule has 0 aromatic heterocycles. The van der Waals surface area contributed by atoms with Gasteiger partial charge in [0, 0.05) is 6.54 Å². The molecule has 0 spiro atoms. The van der Waals surface area contributed by atoms with Gasteiger partial charge in [-0.3, -0.25) is 5.23 Å². The Kier molecular flexibility index (Phi) is 9.87. The monoisotopic (exact) mass is 188 g/mol. The molecule has 0 atom stereocenters. The lowest BCUT2D eigenvalue weighted by molar-refractivity contribution is -0.115. The van der Waals surface area contributed by atoms with E-state index in [0.29, 0.717) is 18.4 Å². The summed E-state index contributed by atoms with van der Waals surface area (Å²) in [6.45, 7) is 5.01. The van der Waals surface area contributed by atoms with Gasteiger partial charge in [-0.05, 0) is 13.3 Å². The molecule has 0 rings (SSSR count). The molecule has 0 aliphatic heterocycles. The largest absolute Gasteiger partial charge is 0.762 e. The van der Waals surface area contributed by atoms with Crippen molar-refractivity contribution in [2.45, 2.75) is 52.4 Å². The minimum atomic E-state index is 0.472. The molecule has 0 aliphatic carbocycles. The molecule has 3 nitrogen and oxygen atoms in total. The van der Waals surface area contributed by atoms with Crippen LogP contribution in [0.4, 0.5) is 0 Å². The molecular formula is C10H22NO2-. The molecule has 0 aromatic carbocycles. The number of unbranched alkanes of at least 4 members (excludes halogenated alkanes) is 5. The van der Waals surface area contributed by atoms with Crippen LogP contribution in [0, 0.1) is 5.21 Å². The predicted octanol–water partition coefficient (Wildman–Crippen LogP) is 3.10. The summed E-state index contributed by atoms with van der Waals surface area (Å²) in [5.74, 6) is 0. The second-order valence-corrected chi connectivity index (χ2v) is 3.24. The number of hydrogen-bond acceptors (Lipinski definition) is 3. The van der Waals surface area contributed by atoms with Gasteiger partial charge in [0.1, 0.15) is 0 Å². The second-order valence-electron chi connectivity index (χ2n) is 3.24. The van der Waals surface area contributed by atoms with Gasteiger partial charge >= 0.3 is 0 Å². The Morgan fingerprint density at radius 1 is 1.00 bits per heavy atom. The summed E-state index contributed by atoms with van der Waals surface area (Å²) in [6.07, 6.45) is 7.22. The normalized spacial score (nSPS) is 11.1. The van der Waals surface area contributed by atoms with Gasteiger partial charge in [0.15, 0.2) is 0 Å². The van der Waals surface area contributed by atoms with Crippen molar-refractivity contribution in [2.24, 2.45) is 0 Å². The third-order valence-corrected chi connectivity index (χ3v) is 1.97. The lowest BCUT2D eigenvalue weighted by Gasteiger charge is -2.25. The summed E-state index contributed by atoms with van der Waals surface area (Å²) in [5, 5.41) is 11.5. The van der Waals surface area contributed by atoms with Crippen molar-refractivity contribution in [1.82, 2.24) is 5.23 Å². The maximum atomic E-state index is 10.8. The van der Waals surface area contributed by atoms with E-state index >= 15 is 0 Å². The van der Waals surface area contributed by atoms with Crippen LogP contribution in [0.2, 0.25) is 0 Å². The highest BCUT2D eigenvalue weighted by molar-refractivity contribution is 4.48. The Hall–Kier alpha value is -0.120. The van der Waals surface area contributed by atoms with Crippen LogP contribution in [-0.4, -0.2) is 18.4 Å². The van der Waals surface area contributed by atoms with Gasteiger partial charge in [-0.1, -0.05) is 39.0 Å². The van der Waals surface area contributed by atoms with Gasteiger partial charge in [-0.25, -0.2) is 0 Å². The molecule has 0 amide bonds. The summed E-state index contributed by atoms with van der Waals surface area (Å²) in [6, 6.07) is 0. The highest BCUT2D eigenvalue weighted by atomic mass is 16.9. The Bertz CT molecular complexity index is 98.9. The van der Waals surface area contributed by atoms with Crippen molar-refractivity contribution in [3.05, 3.63) is 5.21 Å². The van der Waals surface area contributed by atoms with E-state index in [9.17, 15) is 5.21 Å². The standard InChI is InChI=1S/C10H22NO2/c1-3-5-6-7-8-9-10-11(12)13-4-2/h3-10H2,1-2H3/q-1. The van der Waals surface area contributed by atoms with Crippen LogP contribution < -0.4 is 0 Å². The van der Waals surface area contributed by atoms with E-state index in [-0.39, 0.29) is 0 Å². The second kappa shape index (κ2) is 9.96. The molecule has 0 aliphatic rings. The van der Waals surface area contributed by atoms with E-state index < -0.39 is 0 Å². The minimum Gasteiger partial charge on any atom is -0.762 e. The van der Waals surface area contributed by atoms with Gasteiger partial charge in [-0.15, -0.1) is 0 Å². The Morgan fingerprint density at radius 2 is 1.62 bits per heavy atom. The molecule has 13 heavy (non-hydrogen) atoms. The van der Waals surface area contributed by atoms with Crippen molar-refractivity contribution in [2.75, 3.05) is 13.2 Å². The van der Waals surface area contributed by atoms with Crippen LogP contribution in [0.5, 0.6) is 0 Å². The molecule has 0 radical (unpaired) electrons. The molecule has 0 aromatic rings. The Morgan fingerprint density at radius 3 is 2.23 bits per heavy atom. The SMILES string of the molecule is CCCCCCCCN([O-])OCC. The maximum Gasteiger partial charge on any atom is 0.0644 e. The summed E-state index contributed by atoms with van der Waals surface area (Å²) in [7, 11) is 0. The average Bonchev–Trinajstić information content (AvgIpc) is 2.11. The van der Waals surface area contributed by atoms with Crippen molar-refractivity contribution < 1.29 is 4.84 Å². The molecular weight excluding hydrogens is 166 g/mol. The summed E-state index contributed by atoms with van der Waals surface area (Å²) in [5.41, 5.74) is 0. The van der Waals surface area contributed by atoms with E-state index in [1.165, 1.54) is 25.7 Å². The summed E-state index contributed by atoms with van der Waals surface area (Å²) < 4.78 is 0. The summed E-state index contributed by atoms with van der Waals surface area (Å²) in [4.78, 5) is 4.75. The van der Waals surface area contributed by atoms with E-state index in [1.807, 2.05) is 6.92 Å². The lowest BCUT2D eigenvalue weighted by Crippen LogP contribution is -2.17. The molecule has 0 bridgehead atoms. The van der Waals surface area contributed by atoms with Crippen LogP contribution in [-0.2, 0) is 4.84 Å². The zero-order valence-corrected chi connectivity index (χ0v) is 8.92. The number of hydroxylamine groups is 2. The zero-order chi connectivity index (χ0) is 9.94. The first kappa shape index (κ1) is 12.9. The topological polar surface area (TPSA) is 35.5 Å². The van der Waals surface area contributed by atoms with Crippen molar-refractivity contribution in [1.29, 1.82) is 0 Å². The fourth-order valence-corrected chi connectivity index (χ4v) is 1.23. The molecule has 0 fully saturated rings. The number of rotatable bonds is 9. The molecule has 0 saturated carbocycles. The highest BCUT2D eigenvalue weighted by Gasteiger charge is 1.92. The van der Waals surface area contributed by atoms with E-state index in [1.54, 1.807) is 0 Å². The first-order chi connectivity index (χ1) is 6.31. The molecule has 3 heteroatoms. The van der Waals surface area contributed by atoms with Gasteiger partial charge in [0.2, 0.25) is 0 Å². The quantitative estimate of drug-likeness (QED) is 0.412. The van der Waals surface area contributed by atoms with Gasteiger partial charge in [0.25, 0.3) is 0 Å². The van der Waals surface area contributed by atoms with Crippen LogP contribution >= 0.6 is 0 Å². The maximum absolute atomic E-state index is 10.8. The average molecular weight is 188 g/mol. The first-order valence-electron chi connectivity index (χ1n) is 5.38. The smallest absolute Gasteiger partial charge is 0.0644 e. The Labute approximate surface area is 81.6 Å². The minimum absolute atomic E-state index is 0.472. The predicted molar refractivity (Wildman–Crippen MR) is 55.1 cm³/mol. The lowest BCUT2D eigenvalue weighted by atomic mass is 10.1. The van der Waals surface area contributed by atoms with Crippen molar-refractivity contribution >= 4 is 0 Å². The van der Waals surface area contributed by atoms with Gasteiger partial charge in [0.05, 0.1) is 6.61 Å². The number of hydrogen-bond donors (Lipinski definition) is 0.